The third-order valence-corrected chi connectivity index (χ3v) is 2.61. The highest BCUT2D eigenvalue weighted by atomic mass is 32.1. The predicted octanol–water partition coefficient (Wildman–Crippen LogP) is 2.29. The van der Waals surface area contributed by atoms with E-state index in [4.69, 9.17) is 5.11 Å². The number of nitrogens with zero attached hydrogens (tertiary/aromatic N) is 2. The number of hydrogen-bond acceptors (Lipinski definition) is 5. The molecule has 2 aromatic heterocycles. The number of rotatable bonds is 3. The monoisotopic (exact) mass is 235 g/mol. The smallest absolute Gasteiger partial charge is 0.355 e. The van der Waals surface area contributed by atoms with Crippen molar-refractivity contribution >= 4 is 28.1 Å². The van der Waals surface area contributed by atoms with Gasteiger partial charge in [-0.15, -0.1) is 11.3 Å². The van der Waals surface area contributed by atoms with Crippen molar-refractivity contribution in [3.8, 4) is 0 Å². The lowest BCUT2D eigenvalue weighted by Gasteiger charge is -2.01. The highest BCUT2D eigenvalue weighted by Gasteiger charge is 2.08. The quantitative estimate of drug-likeness (QED) is 0.853. The van der Waals surface area contributed by atoms with Crippen molar-refractivity contribution in [2.24, 2.45) is 0 Å². The standard InChI is InChI=1S/C10H9N3O2S/c1-6-2-7(4-11-3-6)12-10-13-8(5-16-10)9(14)15/h2-5H,1H3,(H,12,13)(H,14,15). The average Bonchev–Trinajstić information content (AvgIpc) is 2.66. The van der Waals surface area contributed by atoms with E-state index in [1.807, 2.05) is 13.0 Å². The van der Waals surface area contributed by atoms with E-state index in [2.05, 4.69) is 15.3 Å². The summed E-state index contributed by atoms with van der Waals surface area (Å²) in [5, 5.41) is 13.8. The molecule has 2 aromatic rings. The van der Waals surface area contributed by atoms with Crippen LogP contribution in [0, 0.1) is 6.92 Å². The molecule has 0 aliphatic carbocycles. The number of nitrogens with one attached hydrogen (secondary N) is 1. The topological polar surface area (TPSA) is 75.1 Å². The van der Waals surface area contributed by atoms with Crippen LogP contribution in [0.3, 0.4) is 0 Å². The molecule has 0 bridgehead atoms. The molecule has 16 heavy (non-hydrogen) atoms. The molecular formula is C10H9N3O2S. The zero-order chi connectivity index (χ0) is 11.5. The maximum absolute atomic E-state index is 10.6. The van der Waals surface area contributed by atoms with Crippen LogP contribution in [0.25, 0.3) is 0 Å². The Bertz CT molecular complexity index is 524. The molecule has 0 amide bonds. The lowest BCUT2D eigenvalue weighted by Crippen LogP contribution is -1.97. The molecule has 6 heteroatoms. The second kappa shape index (κ2) is 4.28. The predicted molar refractivity (Wildman–Crippen MR) is 61.3 cm³/mol. The number of aromatic carboxylic acids is 1. The van der Waals surface area contributed by atoms with E-state index in [0.717, 1.165) is 11.3 Å². The van der Waals surface area contributed by atoms with Crippen LogP contribution in [0.4, 0.5) is 10.8 Å². The van der Waals surface area contributed by atoms with Crippen LogP contribution >= 0.6 is 11.3 Å². The third kappa shape index (κ3) is 2.34. The van der Waals surface area contributed by atoms with E-state index < -0.39 is 5.97 Å². The fourth-order valence-corrected chi connectivity index (χ4v) is 1.88. The van der Waals surface area contributed by atoms with E-state index in [0.29, 0.717) is 5.13 Å². The zero-order valence-corrected chi connectivity index (χ0v) is 9.28. The maximum Gasteiger partial charge on any atom is 0.355 e. The Morgan fingerprint density at radius 2 is 2.31 bits per heavy atom. The molecule has 82 valence electrons. The van der Waals surface area contributed by atoms with Crippen molar-refractivity contribution in [3.63, 3.8) is 0 Å². The largest absolute Gasteiger partial charge is 0.476 e. The number of anilines is 2. The van der Waals surface area contributed by atoms with Gasteiger partial charge >= 0.3 is 5.97 Å². The van der Waals surface area contributed by atoms with Gasteiger partial charge in [-0.1, -0.05) is 0 Å². The van der Waals surface area contributed by atoms with E-state index in [1.54, 1.807) is 12.4 Å². The maximum atomic E-state index is 10.6. The lowest BCUT2D eigenvalue weighted by molar-refractivity contribution is 0.0691. The Labute approximate surface area is 95.8 Å². The van der Waals surface area contributed by atoms with Crippen molar-refractivity contribution in [2.45, 2.75) is 6.92 Å². The van der Waals surface area contributed by atoms with Crippen molar-refractivity contribution in [1.82, 2.24) is 9.97 Å². The molecule has 0 aromatic carbocycles. The van der Waals surface area contributed by atoms with Crippen molar-refractivity contribution < 1.29 is 9.90 Å². The van der Waals surface area contributed by atoms with Gasteiger partial charge in [-0.2, -0.15) is 0 Å². The van der Waals surface area contributed by atoms with Crippen molar-refractivity contribution in [2.75, 3.05) is 5.32 Å². The van der Waals surface area contributed by atoms with Crippen molar-refractivity contribution in [3.05, 3.63) is 35.1 Å². The SMILES string of the molecule is Cc1cncc(Nc2nc(C(=O)O)cs2)c1. The van der Waals surface area contributed by atoms with Gasteiger partial charge in [0.25, 0.3) is 0 Å². The number of hydrogen-bond donors (Lipinski definition) is 2. The minimum Gasteiger partial charge on any atom is -0.476 e. The molecule has 0 radical (unpaired) electrons. The number of aromatic nitrogens is 2. The van der Waals surface area contributed by atoms with Crippen LogP contribution in [0.2, 0.25) is 0 Å². The Kier molecular flexibility index (Phi) is 2.82. The van der Waals surface area contributed by atoms with Crippen LogP contribution in [0.15, 0.2) is 23.8 Å². The van der Waals surface area contributed by atoms with Gasteiger partial charge in [-0.25, -0.2) is 9.78 Å². The molecule has 0 aliphatic rings. The van der Waals surface area contributed by atoms with Crippen LogP contribution < -0.4 is 5.32 Å². The summed E-state index contributed by atoms with van der Waals surface area (Å²) in [5.74, 6) is -1.02. The normalized spacial score (nSPS) is 10.1. The first-order valence-electron chi connectivity index (χ1n) is 4.52. The Hall–Kier alpha value is -1.95. The lowest BCUT2D eigenvalue weighted by atomic mass is 10.3. The highest BCUT2D eigenvalue weighted by molar-refractivity contribution is 7.14. The van der Waals surface area contributed by atoms with Gasteiger partial charge in [0, 0.05) is 11.6 Å². The molecule has 2 rings (SSSR count). The number of carbonyl (C=O) groups is 1. The molecule has 2 heterocycles. The molecule has 5 nitrogen and oxygen atoms in total. The molecule has 0 unspecified atom stereocenters. The average molecular weight is 235 g/mol. The van der Waals surface area contributed by atoms with Gasteiger partial charge in [0.05, 0.1) is 11.9 Å². The third-order valence-electron chi connectivity index (χ3n) is 1.85. The minimum absolute atomic E-state index is 0.0492. The van der Waals surface area contributed by atoms with Gasteiger partial charge < -0.3 is 10.4 Å². The summed E-state index contributed by atoms with van der Waals surface area (Å²) in [6, 6.07) is 1.91. The van der Waals surface area contributed by atoms with Crippen molar-refractivity contribution in [1.29, 1.82) is 0 Å². The fourth-order valence-electron chi connectivity index (χ4n) is 1.18. The molecule has 0 fully saturated rings. The molecular weight excluding hydrogens is 226 g/mol. The summed E-state index contributed by atoms with van der Waals surface area (Å²) in [6.07, 6.45) is 3.41. The summed E-state index contributed by atoms with van der Waals surface area (Å²) in [7, 11) is 0. The molecule has 2 N–H and O–H groups in total. The second-order valence-electron chi connectivity index (χ2n) is 3.22. The van der Waals surface area contributed by atoms with Gasteiger partial charge in [-0.3, -0.25) is 4.98 Å². The van der Waals surface area contributed by atoms with Crippen LogP contribution in [-0.4, -0.2) is 21.0 Å². The fraction of sp³-hybridized carbons (Fsp3) is 0.100. The Morgan fingerprint density at radius 3 is 2.94 bits per heavy atom. The summed E-state index contributed by atoms with van der Waals surface area (Å²) in [6.45, 7) is 1.93. The summed E-state index contributed by atoms with van der Waals surface area (Å²) >= 11 is 1.25. The number of carboxylic acids is 1. The van der Waals surface area contributed by atoms with Gasteiger partial charge in [0.15, 0.2) is 10.8 Å². The summed E-state index contributed by atoms with van der Waals surface area (Å²) in [5.41, 5.74) is 1.87. The van der Waals surface area contributed by atoms with E-state index in [9.17, 15) is 4.79 Å². The number of carboxylic acid groups (broad SMARTS) is 1. The molecule has 0 saturated heterocycles. The van der Waals surface area contributed by atoms with E-state index in [-0.39, 0.29) is 5.69 Å². The van der Waals surface area contributed by atoms with Gasteiger partial charge in [0.2, 0.25) is 0 Å². The Balaban J connectivity index is 2.17. The summed E-state index contributed by atoms with van der Waals surface area (Å²) < 4.78 is 0. The first kappa shape index (κ1) is 10.6. The van der Waals surface area contributed by atoms with Crippen LogP contribution in [-0.2, 0) is 0 Å². The van der Waals surface area contributed by atoms with E-state index >= 15 is 0 Å². The second-order valence-corrected chi connectivity index (χ2v) is 4.08. The zero-order valence-electron chi connectivity index (χ0n) is 8.47. The molecule has 0 atom stereocenters. The first-order valence-corrected chi connectivity index (χ1v) is 5.40. The molecule has 0 saturated carbocycles. The van der Waals surface area contributed by atoms with Crippen LogP contribution in [0.5, 0.6) is 0 Å². The number of aryl methyl sites for hydroxylation is 1. The first-order chi connectivity index (χ1) is 7.65. The van der Waals surface area contributed by atoms with E-state index in [1.165, 1.54) is 16.7 Å². The Morgan fingerprint density at radius 1 is 1.50 bits per heavy atom. The number of thiazole rings is 1. The van der Waals surface area contributed by atoms with Crippen LogP contribution in [0.1, 0.15) is 16.1 Å². The highest BCUT2D eigenvalue weighted by Crippen LogP contribution is 2.20. The van der Waals surface area contributed by atoms with Gasteiger partial charge in [0.1, 0.15) is 0 Å². The minimum atomic E-state index is -1.02. The number of pyridine rings is 1. The summed E-state index contributed by atoms with van der Waals surface area (Å²) in [4.78, 5) is 18.6. The van der Waals surface area contributed by atoms with Gasteiger partial charge in [-0.05, 0) is 18.6 Å². The molecule has 0 aliphatic heterocycles. The molecule has 0 spiro atoms.